The molecule has 128 valence electrons. The van der Waals surface area contributed by atoms with Crippen LogP contribution in [0.5, 0.6) is 0 Å². The molecule has 1 saturated carbocycles. The number of sulfonamides is 1. The van der Waals surface area contributed by atoms with Gasteiger partial charge in [-0.2, -0.15) is 0 Å². The van der Waals surface area contributed by atoms with Crippen molar-refractivity contribution >= 4 is 27.5 Å². The van der Waals surface area contributed by atoms with Crippen LogP contribution < -0.4 is 10.0 Å². The fraction of sp³-hybridized carbons (Fsp3) is 0.533. The Morgan fingerprint density at radius 2 is 2.13 bits per heavy atom. The van der Waals surface area contributed by atoms with Crippen LogP contribution in [0.1, 0.15) is 19.8 Å². The molecule has 0 aliphatic heterocycles. The minimum atomic E-state index is -3.63. The van der Waals surface area contributed by atoms with Gasteiger partial charge in [-0.05, 0) is 43.9 Å². The van der Waals surface area contributed by atoms with Crippen LogP contribution in [0.2, 0.25) is 5.02 Å². The summed E-state index contributed by atoms with van der Waals surface area (Å²) in [4.78, 5) is 11.9. The molecule has 0 radical (unpaired) electrons. The number of benzene rings is 1. The number of carbonyl (C=O) groups is 1. The number of rotatable bonds is 9. The van der Waals surface area contributed by atoms with Crippen molar-refractivity contribution in [1.29, 1.82) is 0 Å². The second-order valence-corrected chi connectivity index (χ2v) is 7.77. The fourth-order valence-electron chi connectivity index (χ4n) is 1.87. The van der Waals surface area contributed by atoms with Gasteiger partial charge in [0, 0.05) is 18.1 Å². The van der Waals surface area contributed by atoms with Crippen molar-refractivity contribution in [3.8, 4) is 0 Å². The molecule has 1 amide bonds. The van der Waals surface area contributed by atoms with Gasteiger partial charge < -0.3 is 10.1 Å². The van der Waals surface area contributed by atoms with Crippen LogP contribution in [-0.4, -0.2) is 40.1 Å². The third-order valence-electron chi connectivity index (χ3n) is 3.47. The van der Waals surface area contributed by atoms with Gasteiger partial charge in [0.2, 0.25) is 15.9 Å². The summed E-state index contributed by atoms with van der Waals surface area (Å²) in [5, 5.41) is 2.99. The van der Waals surface area contributed by atoms with Crippen molar-refractivity contribution in [2.75, 3.05) is 19.7 Å². The Labute approximate surface area is 141 Å². The van der Waals surface area contributed by atoms with E-state index in [2.05, 4.69) is 10.0 Å². The Balaban J connectivity index is 1.70. The lowest BCUT2D eigenvalue weighted by molar-refractivity contribution is -0.131. The van der Waals surface area contributed by atoms with E-state index in [4.69, 9.17) is 16.3 Å². The second-order valence-electron chi connectivity index (χ2n) is 5.57. The minimum Gasteiger partial charge on any atom is -0.368 e. The van der Waals surface area contributed by atoms with E-state index in [1.54, 1.807) is 19.1 Å². The average molecular weight is 361 g/mol. The molecule has 0 aromatic heterocycles. The van der Waals surface area contributed by atoms with Gasteiger partial charge in [0.1, 0.15) is 6.10 Å². The molecule has 1 fully saturated rings. The smallest absolute Gasteiger partial charge is 0.248 e. The predicted molar refractivity (Wildman–Crippen MR) is 87.8 cm³/mol. The summed E-state index contributed by atoms with van der Waals surface area (Å²) in [5.74, 6) is 0.349. The van der Waals surface area contributed by atoms with Crippen molar-refractivity contribution in [2.24, 2.45) is 5.92 Å². The number of carbonyl (C=O) groups excluding carboxylic acids is 1. The standard InChI is InChI=1S/C15H21ClN2O4S/c1-11(22-10-12-5-6-12)15(19)17-7-8-18-23(20,21)14-4-2-3-13(16)9-14/h2-4,9,11-12,18H,5-8,10H2,1H3,(H,17,19). The lowest BCUT2D eigenvalue weighted by Crippen LogP contribution is -2.39. The maximum atomic E-state index is 12.0. The number of hydrogen-bond donors (Lipinski definition) is 2. The third kappa shape index (κ3) is 6.10. The molecular weight excluding hydrogens is 340 g/mol. The number of nitrogens with one attached hydrogen (secondary N) is 2. The molecule has 0 heterocycles. The maximum absolute atomic E-state index is 12.0. The van der Waals surface area contributed by atoms with Gasteiger partial charge in [-0.1, -0.05) is 17.7 Å². The molecule has 1 atom stereocenters. The van der Waals surface area contributed by atoms with E-state index in [-0.39, 0.29) is 23.9 Å². The summed E-state index contributed by atoms with van der Waals surface area (Å²) >= 11 is 5.78. The molecule has 0 saturated heterocycles. The molecule has 1 aliphatic carbocycles. The van der Waals surface area contributed by atoms with Crippen LogP contribution in [0.3, 0.4) is 0 Å². The summed E-state index contributed by atoms with van der Waals surface area (Å²) in [6.07, 6.45) is 1.80. The summed E-state index contributed by atoms with van der Waals surface area (Å²) in [6.45, 7) is 2.58. The van der Waals surface area contributed by atoms with E-state index in [9.17, 15) is 13.2 Å². The summed E-state index contributed by atoms with van der Waals surface area (Å²) in [6, 6.07) is 6.00. The first kappa shape index (κ1) is 18.2. The van der Waals surface area contributed by atoms with Crippen molar-refractivity contribution in [2.45, 2.75) is 30.8 Å². The third-order valence-corrected chi connectivity index (χ3v) is 5.16. The Hall–Kier alpha value is -1.15. The molecule has 1 aromatic rings. The highest BCUT2D eigenvalue weighted by Crippen LogP contribution is 2.29. The van der Waals surface area contributed by atoms with E-state index in [0.29, 0.717) is 17.5 Å². The van der Waals surface area contributed by atoms with Gasteiger partial charge in [-0.25, -0.2) is 13.1 Å². The molecule has 8 heteroatoms. The Kier molecular flexibility index (Phi) is 6.41. The molecular formula is C15H21ClN2O4S. The molecule has 1 unspecified atom stereocenters. The Bertz CT molecular complexity index is 647. The van der Waals surface area contributed by atoms with Gasteiger partial charge in [0.25, 0.3) is 0 Å². The molecule has 23 heavy (non-hydrogen) atoms. The van der Waals surface area contributed by atoms with Crippen LogP contribution in [0.25, 0.3) is 0 Å². The van der Waals surface area contributed by atoms with Crippen molar-refractivity contribution in [1.82, 2.24) is 10.0 Å². The minimum absolute atomic E-state index is 0.0932. The average Bonchev–Trinajstić information content (AvgIpc) is 3.33. The lowest BCUT2D eigenvalue weighted by Gasteiger charge is -2.13. The second kappa shape index (κ2) is 8.10. The van der Waals surface area contributed by atoms with E-state index in [0.717, 1.165) is 0 Å². The monoisotopic (exact) mass is 360 g/mol. The van der Waals surface area contributed by atoms with Crippen LogP contribution in [0.15, 0.2) is 29.2 Å². The number of hydrogen-bond acceptors (Lipinski definition) is 4. The molecule has 1 aliphatic rings. The van der Waals surface area contributed by atoms with E-state index in [1.807, 2.05) is 0 Å². The molecule has 1 aromatic carbocycles. The highest BCUT2D eigenvalue weighted by Gasteiger charge is 2.24. The zero-order valence-electron chi connectivity index (χ0n) is 12.9. The van der Waals surface area contributed by atoms with Crippen molar-refractivity contribution in [3.63, 3.8) is 0 Å². The van der Waals surface area contributed by atoms with Gasteiger partial charge in [0.05, 0.1) is 11.5 Å². The zero-order chi connectivity index (χ0) is 16.9. The van der Waals surface area contributed by atoms with Crippen LogP contribution in [-0.2, 0) is 19.6 Å². The fourth-order valence-corrected chi connectivity index (χ4v) is 3.21. The topological polar surface area (TPSA) is 84.5 Å². The van der Waals surface area contributed by atoms with Crippen molar-refractivity contribution < 1.29 is 17.9 Å². The molecule has 0 spiro atoms. The van der Waals surface area contributed by atoms with Crippen LogP contribution >= 0.6 is 11.6 Å². The van der Waals surface area contributed by atoms with E-state index < -0.39 is 16.1 Å². The first-order valence-electron chi connectivity index (χ1n) is 7.53. The maximum Gasteiger partial charge on any atom is 0.248 e. The first-order chi connectivity index (χ1) is 10.9. The van der Waals surface area contributed by atoms with E-state index >= 15 is 0 Å². The van der Waals surface area contributed by atoms with Gasteiger partial charge in [-0.3, -0.25) is 4.79 Å². The van der Waals surface area contributed by atoms with Gasteiger partial charge in [-0.15, -0.1) is 0 Å². The van der Waals surface area contributed by atoms with Crippen LogP contribution in [0.4, 0.5) is 0 Å². The Morgan fingerprint density at radius 3 is 2.78 bits per heavy atom. The highest BCUT2D eigenvalue weighted by atomic mass is 35.5. The zero-order valence-corrected chi connectivity index (χ0v) is 14.5. The van der Waals surface area contributed by atoms with E-state index in [1.165, 1.54) is 25.0 Å². The molecule has 6 nitrogen and oxygen atoms in total. The number of amides is 1. The summed E-state index contributed by atoms with van der Waals surface area (Å²) in [5.41, 5.74) is 0. The SMILES string of the molecule is CC(OCC1CC1)C(=O)NCCNS(=O)(=O)c1cccc(Cl)c1. The molecule has 2 N–H and O–H groups in total. The quantitative estimate of drug-likeness (QED) is 0.654. The normalized spacial score (nSPS) is 16.1. The number of halogens is 1. The number of ether oxygens (including phenoxy) is 1. The Morgan fingerprint density at radius 1 is 1.39 bits per heavy atom. The first-order valence-corrected chi connectivity index (χ1v) is 9.39. The van der Waals surface area contributed by atoms with Crippen LogP contribution in [0, 0.1) is 5.92 Å². The van der Waals surface area contributed by atoms with Crippen molar-refractivity contribution in [3.05, 3.63) is 29.3 Å². The summed E-state index contributed by atoms with van der Waals surface area (Å²) < 4.78 is 31.9. The largest absolute Gasteiger partial charge is 0.368 e. The molecule has 2 rings (SSSR count). The summed E-state index contributed by atoms with van der Waals surface area (Å²) in [7, 11) is -3.63. The molecule has 0 bridgehead atoms. The van der Waals surface area contributed by atoms with Gasteiger partial charge >= 0.3 is 0 Å². The van der Waals surface area contributed by atoms with Gasteiger partial charge in [0.15, 0.2) is 0 Å². The lowest BCUT2D eigenvalue weighted by atomic mass is 10.3. The highest BCUT2D eigenvalue weighted by molar-refractivity contribution is 7.89. The predicted octanol–water partition coefficient (Wildman–Crippen LogP) is 1.55.